The minimum Gasteiger partial charge on any atom is -0.493 e. The Labute approximate surface area is 93.7 Å². The summed E-state index contributed by atoms with van der Waals surface area (Å²) in [6.07, 6.45) is 0. The van der Waals surface area contributed by atoms with Gasteiger partial charge in [-0.05, 0) is 19.1 Å². The van der Waals surface area contributed by atoms with Crippen molar-refractivity contribution in [3.8, 4) is 17.9 Å². The molecule has 0 unspecified atom stereocenters. The fourth-order valence-corrected chi connectivity index (χ4v) is 1.25. The Morgan fingerprint density at radius 2 is 2.00 bits per heavy atom. The predicted octanol–water partition coefficient (Wildman–Crippen LogP) is 1.93. The standard InChI is InChI=1S/C12H10N2O2/c1-2-16-11-6-4-3-5-10(11)12(15)9(7-13)8-14/h3-6,9H,2H2,1H3. The van der Waals surface area contributed by atoms with Crippen molar-refractivity contribution in [2.75, 3.05) is 6.61 Å². The Balaban J connectivity index is 3.09. The first-order chi connectivity index (χ1) is 7.74. The van der Waals surface area contributed by atoms with Crippen LogP contribution in [0.4, 0.5) is 0 Å². The Bertz CT molecular complexity index is 455. The average Bonchev–Trinajstić information content (AvgIpc) is 2.31. The molecule has 0 saturated heterocycles. The van der Waals surface area contributed by atoms with Crippen LogP contribution >= 0.6 is 0 Å². The van der Waals surface area contributed by atoms with Gasteiger partial charge < -0.3 is 4.74 Å². The molecule has 0 aliphatic carbocycles. The highest BCUT2D eigenvalue weighted by molar-refractivity contribution is 6.03. The van der Waals surface area contributed by atoms with Crippen LogP contribution < -0.4 is 4.74 Å². The van der Waals surface area contributed by atoms with E-state index in [4.69, 9.17) is 15.3 Å². The largest absolute Gasteiger partial charge is 0.493 e. The highest BCUT2D eigenvalue weighted by atomic mass is 16.5. The third kappa shape index (κ3) is 2.37. The molecule has 16 heavy (non-hydrogen) atoms. The number of ether oxygens (including phenoxy) is 1. The molecular formula is C12H10N2O2. The minimum atomic E-state index is -1.28. The van der Waals surface area contributed by atoms with Gasteiger partial charge in [-0.25, -0.2) is 0 Å². The molecule has 1 aromatic carbocycles. The van der Waals surface area contributed by atoms with E-state index in [-0.39, 0.29) is 5.56 Å². The number of hydrogen-bond acceptors (Lipinski definition) is 4. The fourth-order valence-electron chi connectivity index (χ4n) is 1.25. The lowest BCUT2D eigenvalue weighted by Crippen LogP contribution is -2.12. The molecule has 0 aliphatic heterocycles. The van der Waals surface area contributed by atoms with Gasteiger partial charge in [0.05, 0.1) is 24.3 Å². The monoisotopic (exact) mass is 214 g/mol. The molecular weight excluding hydrogens is 204 g/mol. The molecule has 0 atom stereocenters. The van der Waals surface area contributed by atoms with Gasteiger partial charge in [-0.1, -0.05) is 12.1 Å². The van der Waals surface area contributed by atoms with E-state index in [0.29, 0.717) is 12.4 Å². The van der Waals surface area contributed by atoms with Gasteiger partial charge in [0.1, 0.15) is 5.75 Å². The predicted molar refractivity (Wildman–Crippen MR) is 56.7 cm³/mol. The van der Waals surface area contributed by atoms with Crippen LogP contribution in [-0.4, -0.2) is 12.4 Å². The second kappa shape index (κ2) is 5.53. The van der Waals surface area contributed by atoms with Crippen molar-refractivity contribution in [2.45, 2.75) is 6.92 Å². The van der Waals surface area contributed by atoms with Crippen LogP contribution in [0.5, 0.6) is 5.75 Å². The number of benzene rings is 1. The van der Waals surface area contributed by atoms with Gasteiger partial charge in [0.2, 0.25) is 0 Å². The topological polar surface area (TPSA) is 73.9 Å². The van der Waals surface area contributed by atoms with Gasteiger partial charge in [0.15, 0.2) is 11.7 Å². The van der Waals surface area contributed by atoms with E-state index in [1.807, 2.05) is 0 Å². The number of ketones is 1. The first kappa shape index (κ1) is 11.7. The van der Waals surface area contributed by atoms with Gasteiger partial charge in [-0.3, -0.25) is 4.79 Å². The van der Waals surface area contributed by atoms with E-state index in [2.05, 4.69) is 0 Å². The molecule has 0 radical (unpaired) electrons. The number of para-hydroxylation sites is 1. The lowest BCUT2D eigenvalue weighted by Gasteiger charge is -2.08. The molecule has 0 heterocycles. The minimum absolute atomic E-state index is 0.275. The second-order valence-electron chi connectivity index (χ2n) is 2.98. The third-order valence-corrected chi connectivity index (χ3v) is 1.97. The molecule has 0 fully saturated rings. The first-order valence-electron chi connectivity index (χ1n) is 4.79. The summed E-state index contributed by atoms with van der Waals surface area (Å²) in [7, 11) is 0. The van der Waals surface area contributed by atoms with E-state index >= 15 is 0 Å². The van der Waals surface area contributed by atoms with Crippen LogP contribution in [0.1, 0.15) is 17.3 Å². The Morgan fingerprint density at radius 1 is 1.38 bits per heavy atom. The summed E-state index contributed by atoms with van der Waals surface area (Å²) in [5.74, 6) is -1.39. The number of rotatable bonds is 4. The Morgan fingerprint density at radius 3 is 2.56 bits per heavy atom. The van der Waals surface area contributed by atoms with Gasteiger partial charge >= 0.3 is 0 Å². The molecule has 1 rings (SSSR count). The van der Waals surface area contributed by atoms with Gasteiger partial charge in [0, 0.05) is 0 Å². The third-order valence-electron chi connectivity index (χ3n) is 1.97. The molecule has 0 amide bonds. The van der Waals surface area contributed by atoms with Crippen molar-refractivity contribution in [1.29, 1.82) is 10.5 Å². The summed E-state index contributed by atoms with van der Waals surface area (Å²) in [5.41, 5.74) is 0.275. The lowest BCUT2D eigenvalue weighted by molar-refractivity contribution is 0.0967. The molecule has 0 bridgehead atoms. The number of nitriles is 2. The van der Waals surface area contributed by atoms with Crippen LogP contribution in [0.3, 0.4) is 0 Å². The number of nitrogens with zero attached hydrogens (tertiary/aromatic N) is 2. The summed E-state index contributed by atoms with van der Waals surface area (Å²) >= 11 is 0. The van der Waals surface area contributed by atoms with Gasteiger partial charge in [-0.2, -0.15) is 10.5 Å². The molecule has 0 aromatic heterocycles. The van der Waals surface area contributed by atoms with Crippen molar-refractivity contribution < 1.29 is 9.53 Å². The van der Waals surface area contributed by atoms with E-state index in [0.717, 1.165) is 0 Å². The maximum absolute atomic E-state index is 11.8. The highest BCUT2D eigenvalue weighted by Gasteiger charge is 2.21. The van der Waals surface area contributed by atoms with Crippen molar-refractivity contribution in [1.82, 2.24) is 0 Å². The maximum Gasteiger partial charge on any atom is 0.198 e. The van der Waals surface area contributed by atoms with Crippen LogP contribution in [-0.2, 0) is 0 Å². The Hall–Kier alpha value is -2.33. The molecule has 0 aliphatic rings. The van der Waals surface area contributed by atoms with Crippen molar-refractivity contribution in [2.24, 2.45) is 5.92 Å². The Kier molecular flexibility index (Phi) is 4.06. The van der Waals surface area contributed by atoms with Crippen LogP contribution in [0.15, 0.2) is 24.3 Å². The molecule has 0 spiro atoms. The van der Waals surface area contributed by atoms with E-state index in [1.54, 1.807) is 43.3 Å². The van der Waals surface area contributed by atoms with Crippen molar-refractivity contribution >= 4 is 5.78 Å². The number of Topliss-reactive ketones (excluding diaryl/α,β-unsaturated/α-hetero) is 1. The molecule has 4 nitrogen and oxygen atoms in total. The number of hydrogen-bond donors (Lipinski definition) is 0. The van der Waals surface area contributed by atoms with Crippen LogP contribution in [0.25, 0.3) is 0 Å². The van der Waals surface area contributed by atoms with Crippen molar-refractivity contribution in [3.63, 3.8) is 0 Å². The van der Waals surface area contributed by atoms with Crippen LogP contribution in [0, 0.1) is 28.6 Å². The van der Waals surface area contributed by atoms with Crippen LogP contribution in [0.2, 0.25) is 0 Å². The van der Waals surface area contributed by atoms with Gasteiger partial charge in [0.25, 0.3) is 0 Å². The zero-order valence-corrected chi connectivity index (χ0v) is 8.80. The summed E-state index contributed by atoms with van der Waals surface area (Å²) in [5, 5.41) is 17.3. The number of carbonyl (C=O) groups is 1. The normalized spacial score (nSPS) is 9.25. The zero-order valence-electron chi connectivity index (χ0n) is 8.80. The maximum atomic E-state index is 11.8. The molecule has 0 saturated carbocycles. The van der Waals surface area contributed by atoms with E-state index in [1.165, 1.54) is 0 Å². The molecule has 0 N–H and O–H groups in total. The first-order valence-corrected chi connectivity index (χ1v) is 4.79. The molecule has 1 aromatic rings. The summed E-state index contributed by atoms with van der Waals surface area (Å²) in [6, 6.07) is 9.90. The lowest BCUT2D eigenvalue weighted by atomic mass is 9.99. The zero-order chi connectivity index (χ0) is 12.0. The SMILES string of the molecule is CCOc1ccccc1C(=O)C(C#N)C#N. The summed E-state index contributed by atoms with van der Waals surface area (Å²) < 4.78 is 5.26. The quantitative estimate of drug-likeness (QED) is 0.718. The second-order valence-corrected chi connectivity index (χ2v) is 2.98. The van der Waals surface area contributed by atoms with E-state index in [9.17, 15) is 4.79 Å². The smallest absolute Gasteiger partial charge is 0.198 e. The average molecular weight is 214 g/mol. The van der Waals surface area contributed by atoms with Crippen molar-refractivity contribution in [3.05, 3.63) is 29.8 Å². The summed E-state index contributed by atoms with van der Waals surface area (Å²) in [6.45, 7) is 2.22. The van der Waals surface area contributed by atoms with Gasteiger partial charge in [-0.15, -0.1) is 0 Å². The van der Waals surface area contributed by atoms with E-state index < -0.39 is 11.7 Å². The fraction of sp³-hybridized carbons (Fsp3) is 0.250. The molecule has 80 valence electrons. The number of carbonyl (C=O) groups excluding carboxylic acids is 1. The molecule has 4 heteroatoms. The highest BCUT2D eigenvalue weighted by Crippen LogP contribution is 2.21. The summed E-state index contributed by atoms with van der Waals surface area (Å²) in [4.78, 5) is 11.8.